The topological polar surface area (TPSA) is 72.5 Å². The van der Waals surface area contributed by atoms with Gasteiger partial charge in [-0.2, -0.15) is 0 Å². The van der Waals surface area contributed by atoms with Crippen LogP contribution in [-0.2, 0) is 9.63 Å². The van der Waals surface area contributed by atoms with Gasteiger partial charge in [-0.05, 0) is 13.3 Å². The summed E-state index contributed by atoms with van der Waals surface area (Å²) in [5.41, 5.74) is 0.176. The summed E-state index contributed by atoms with van der Waals surface area (Å²) in [6, 6.07) is 0. The predicted molar refractivity (Wildman–Crippen MR) is 42.9 cm³/mol. The van der Waals surface area contributed by atoms with E-state index in [1.54, 1.807) is 0 Å². The van der Waals surface area contributed by atoms with Crippen LogP contribution in [0.25, 0.3) is 0 Å². The zero-order chi connectivity index (χ0) is 9.28. The molecule has 66 valence electrons. The molecule has 0 spiro atoms. The molecule has 0 unspecified atom stereocenters. The number of carbonyl (C=O) groups is 1. The van der Waals surface area contributed by atoms with Gasteiger partial charge in [0.15, 0.2) is 0 Å². The van der Waals surface area contributed by atoms with Crippen LogP contribution >= 0.6 is 0 Å². The van der Waals surface area contributed by atoms with E-state index in [1.807, 2.05) is 6.92 Å². The molecule has 0 radical (unpaired) electrons. The van der Waals surface area contributed by atoms with Crippen molar-refractivity contribution < 1.29 is 14.7 Å². The molecule has 0 atom stereocenters. The minimum Gasteiger partial charge on any atom is -0.478 e. The lowest BCUT2D eigenvalue weighted by Crippen LogP contribution is -1.97. The quantitative estimate of drug-likeness (QED) is 0.477. The number of aliphatic carboxylic acids is 1. The minimum absolute atomic E-state index is 0.176. The van der Waals surface area contributed by atoms with Gasteiger partial charge in [-0.1, -0.05) is 13.5 Å². The number of nitrogens with two attached hydrogens (primary N) is 1. The van der Waals surface area contributed by atoms with Crippen LogP contribution in [-0.4, -0.2) is 17.7 Å². The lowest BCUT2D eigenvalue weighted by Gasteiger charge is -1.83. The van der Waals surface area contributed by atoms with Gasteiger partial charge in [-0.15, -0.1) is 0 Å². The summed E-state index contributed by atoms with van der Waals surface area (Å²) in [6.07, 6.45) is 0.997. The van der Waals surface area contributed by atoms with Crippen LogP contribution in [0.5, 0.6) is 0 Å². The van der Waals surface area contributed by atoms with Crippen LogP contribution < -0.4 is 5.90 Å². The van der Waals surface area contributed by atoms with Gasteiger partial charge in [0.05, 0.1) is 6.61 Å². The number of carboxylic acid groups (broad SMARTS) is 1. The van der Waals surface area contributed by atoms with Crippen LogP contribution in [0.4, 0.5) is 0 Å². The summed E-state index contributed by atoms with van der Waals surface area (Å²) in [5.74, 6) is 3.70. The molecule has 0 aliphatic heterocycles. The molecule has 4 nitrogen and oxygen atoms in total. The predicted octanol–water partition coefficient (Wildman–Crippen LogP) is 0.934. The van der Waals surface area contributed by atoms with E-state index >= 15 is 0 Å². The van der Waals surface area contributed by atoms with Crippen LogP contribution in [0, 0.1) is 0 Å². The molecule has 11 heavy (non-hydrogen) atoms. The van der Waals surface area contributed by atoms with Crippen molar-refractivity contribution in [1.82, 2.24) is 0 Å². The van der Waals surface area contributed by atoms with E-state index in [0.717, 1.165) is 6.42 Å². The molecule has 0 rings (SSSR count). The average molecular weight is 161 g/mol. The second-order valence-electron chi connectivity index (χ2n) is 1.96. The first-order valence-corrected chi connectivity index (χ1v) is 3.26. The molecule has 0 fully saturated rings. The number of hydrogen-bond donors (Lipinski definition) is 2. The van der Waals surface area contributed by atoms with Crippen molar-refractivity contribution in [2.45, 2.75) is 20.3 Å². The molecule has 3 N–H and O–H groups in total. The Bertz CT molecular complexity index is 109. The summed E-state index contributed by atoms with van der Waals surface area (Å²) < 4.78 is 0. The fourth-order valence-electron chi connectivity index (χ4n) is 0.118. The van der Waals surface area contributed by atoms with Gasteiger partial charge in [-0.25, -0.2) is 10.7 Å². The maximum Gasteiger partial charge on any atom is 0.330 e. The first-order valence-electron chi connectivity index (χ1n) is 3.26. The Hall–Kier alpha value is -0.870. The van der Waals surface area contributed by atoms with Gasteiger partial charge in [0.2, 0.25) is 0 Å². The molecule has 0 aromatic heterocycles. The van der Waals surface area contributed by atoms with Crippen molar-refractivity contribution in [3.8, 4) is 0 Å². The maximum atomic E-state index is 9.60. The van der Waals surface area contributed by atoms with E-state index in [0.29, 0.717) is 6.61 Å². The zero-order valence-electron chi connectivity index (χ0n) is 6.96. The first kappa shape index (κ1) is 12.8. The van der Waals surface area contributed by atoms with Gasteiger partial charge in [0, 0.05) is 5.57 Å². The molecule has 0 aromatic rings. The van der Waals surface area contributed by atoms with Crippen LogP contribution in [0.3, 0.4) is 0 Å². The van der Waals surface area contributed by atoms with E-state index in [2.05, 4.69) is 17.3 Å². The van der Waals surface area contributed by atoms with Crippen molar-refractivity contribution in [3.63, 3.8) is 0 Å². The largest absolute Gasteiger partial charge is 0.478 e. The van der Waals surface area contributed by atoms with Crippen LogP contribution in [0.2, 0.25) is 0 Å². The molecular formula is C7H15NO3. The Morgan fingerprint density at radius 1 is 1.73 bits per heavy atom. The average Bonchev–Trinajstić information content (AvgIpc) is 1.90. The molecule has 0 bridgehead atoms. The normalized spacial score (nSPS) is 7.91. The Kier molecular flexibility index (Phi) is 10.6. The van der Waals surface area contributed by atoms with Crippen molar-refractivity contribution in [2.24, 2.45) is 5.90 Å². The van der Waals surface area contributed by atoms with Gasteiger partial charge < -0.3 is 9.94 Å². The Labute approximate surface area is 66.6 Å². The summed E-state index contributed by atoms with van der Waals surface area (Å²) in [4.78, 5) is 13.8. The smallest absolute Gasteiger partial charge is 0.330 e. The van der Waals surface area contributed by atoms with Gasteiger partial charge in [0.25, 0.3) is 0 Å². The van der Waals surface area contributed by atoms with Crippen molar-refractivity contribution in [3.05, 3.63) is 12.2 Å². The molecule has 0 amide bonds. The Balaban J connectivity index is 0. The molecule has 0 aliphatic rings. The molecule has 0 saturated heterocycles. The summed E-state index contributed by atoms with van der Waals surface area (Å²) in [7, 11) is 0. The van der Waals surface area contributed by atoms with Gasteiger partial charge in [-0.3, -0.25) is 0 Å². The third-order valence-electron chi connectivity index (χ3n) is 0.687. The summed E-state index contributed by atoms with van der Waals surface area (Å²) in [6.45, 7) is 7.28. The molecule has 0 aliphatic carbocycles. The van der Waals surface area contributed by atoms with Gasteiger partial charge >= 0.3 is 5.97 Å². The number of hydrogen-bond acceptors (Lipinski definition) is 3. The summed E-state index contributed by atoms with van der Waals surface area (Å²) in [5, 5.41) is 7.89. The Morgan fingerprint density at radius 2 is 2.09 bits per heavy atom. The number of rotatable bonds is 3. The Morgan fingerprint density at radius 3 is 2.09 bits per heavy atom. The third kappa shape index (κ3) is 17.6. The highest BCUT2D eigenvalue weighted by Crippen LogP contribution is 1.81. The molecular weight excluding hydrogens is 146 g/mol. The van der Waals surface area contributed by atoms with E-state index in [4.69, 9.17) is 5.11 Å². The standard InChI is InChI=1S/C4H6O2.C3H9NO/c1-3(2)4(5)6;1-2-3-5-4/h1H2,2H3,(H,5,6);2-4H2,1H3. The molecule has 4 heteroatoms. The molecule has 0 heterocycles. The lowest BCUT2D eigenvalue weighted by molar-refractivity contribution is -0.132. The highest BCUT2D eigenvalue weighted by atomic mass is 16.6. The van der Waals surface area contributed by atoms with Crippen molar-refractivity contribution in [2.75, 3.05) is 6.61 Å². The highest BCUT2D eigenvalue weighted by Gasteiger charge is 1.90. The number of carboxylic acids is 1. The summed E-state index contributed by atoms with van der Waals surface area (Å²) >= 11 is 0. The lowest BCUT2D eigenvalue weighted by atomic mass is 10.4. The van der Waals surface area contributed by atoms with E-state index in [-0.39, 0.29) is 5.57 Å². The second-order valence-corrected chi connectivity index (χ2v) is 1.96. The SMILES string of the molecule is C=C(C)C(=O)O.CCCON. The second kappa shape index (κ2) is 9.13. The van der Waals surface area contributed by atoms with Crippen LogP contribution in [0.1, 0.15) is 20.3 Å². The van der Waals surface area contributed by atoms with Crippen molar-refractivity contribution >= 4 is 5.97 Å². The minimum atomic E-state index is -0.935. The maximum absolute atomic E-state index is 9.60. The third-order valence-corrected chi connectivity index (χ3v) is 0.687. The zero-order valence-corrected chi connectivity index (χ0v) is 6.96. The van der Waals surface area contributed by atoms with Crippen LogP contribution in [0.15, 0.2) is 12.2 Å². The first-order chi connectivity index (χ1) is 5.06. The van der Waals surface area contributed by atoms with E-state index in [1.165, 1.54) is 6.92 Å². The van der Waals surface area contributed by atoms with Gasteiger partial charge in [0.1, 0.15) is 0 Å². The monoisotopic (exact) mass is 161 g/mol. The fourth-order valence-corrected chi connectivity index (χ4v) is 0.118. The van der Waals surface area contributed by atoms with E-state index in [9.17, 15) is 4.79 Å². The van der Waals surface area contributed by atoms with E-state index < -0.39 is 5.97 Å². The van der Waals surface area contributed by atoms with Crippen molar-refractivity contribution in [1.29, 1.82) is 0 Å². The molecule has 0 saturated carbocycles. The highest BCUT2D eigenvalue weighted by molar-refractivity contribution is 5.84. The molecule has 0 aromatic carbocycles. The fraction of sp³-hybridized carbons (Fsp3) is 0.571.